The Hall–Kier alpha value is -1.92. The fourth-order valence-electron chi connectivity index (χ4n) is 11.9. The Morgan fingerprint density at radius 1 is 0.337 bits per heavy atom. The zero-order chi connectivity index (χ0) is 59.9. The van der Waals surface area contributed by atoms with Crippen molar-refractivity contribution in [2.24, 2.45) is 0 Å². The molecule has 0 bridgehead atoms. The molecule has 0 heterocycles. The van der Waals surface area contributed by atoms with Crippen LogP contribution in [0.1, 0.15) is 418 Å². The molecular weight excluding hydrogens is 1020 g/mol. The predicted molar refractivity (Wildman–Crippen MR) is 366 cm³/mol. The van der Waals surface area contributed by atoms with Crippen molar-refractivity contribution in [2.45, 2.75) is 431 Å². The van der Waals surface area contributed by atoms with Gasteiger partial charge in [-0.1, -0.05) is 378 Å². The van der Waals surface area contributed by atoms with E-state index in [-0.39, 0.29) is 18.5 Å². The molecule has 2 atom stereocenters. The number of unbranched alkanes of at least 4 members (excludes halogenated alkanes) is 56. The summed E-state index contributed by atoms with van der Waals surface area (Å²) in [4.78, 5) is 24.6. The van der Waals surface area contributed by atoms with Crippen LogP contribution < -0.4 is 5.32 Å². The van der Waals surface area contributed by atoms with E-state index in [0.717, 1.165) is 44.9 Å². The Balaban J connectivity index is 3.42. The van der Waals surface area contributed by atoms with Crippen molar-refractivity contribution < 1.29 is 24.5 Å². The lowest BCUT2D eigenvalue weighted by molar-refractivity contribution is -0.143. The van der Waals surface area contributed by atoms with E-state index in [4.69, 9.17) is 4.74 Å². The fourth-order valence-corrected chi connectivity index (χ4v) is 11.9. The van der Waals surface area contributed by atoms with Crippen LogP contribution in [0.4, 0.5) is 0 Å². The Kier molecular flexibility index (Phi) is 70.9. The molecule has 83 heavy (non-hydrogen) atoms. The average Bonchev–Trinajstić information content (AvgIpc) is 3.49. The van der Waals surface area contributed by atoms with Crippen LogP contribution in [0.5, 0.6) is 0 Å². The molecule has 0 saturated carbocycles. The van der Waals surface area contributed by atoms with Gasteiger partial charge in [-0.25, -0.2) is 0 Å². The summed E-state index contributed by atoms with van der Waals surface area (Å²) in [5.74, 6) is -0.0519. The molecule has 6 heteroatoms. The molecule has 0 spiro atoms. The van der Waals surface area contributed by atoms with Crippen LogP contribution in [0.2, 0.25) is 0 Å². The third kappa shape index (κ3) is 69.1. The summed E-state index contributed by atoms with van der Waals surface area (Å²) in [5.41, 5.74) is 0. The highest BCUT2D eigenvalue weighted by Crippen LogP contribution is 2.19. The van der Waals surface area contributed by atoms with Gasteiger partial charge >= 0.3 is 5.97 Å². The van der Waals surface area contributed by atoms with Crippen LogP contribution in [-0.2, 0) is 14.3 Å². The van der Waals surface area contributed by atoms with E-state index in [1.165, 1.54) is 347 Å². The molecule has 490 valence electrons. The van der Waals surface area contributed by atoms with Crippen molar-refractivity contribution in [2.75, 3.05) is 13.2 Å². The number of hydrogen-bond donors (Lipinski definition) is 3. The van der Waals surface area contributed by atoms with Crippen molar-refractivity contribution in [3.63, 3.8) is 0 Å². The summed E-state index contributed by atoms with van der Waals surface area (Å²) in [7, 11) is 0. The van der Waals surface area contributed by atoms with Gasteiger partial charge in [-0.05, 0) is 64.2 Å². The number of aliphatic hydroxyl groups excluding tert-OH is 2. The number of nitrogens with one attached hydrogen (secondary N) is 1. The monoisotopic (exact) mass is 1170 g/mol. The largest absolute Gasteiger partial charge is 0.466 e. The summed E-state index contributed by atoms with van der Waals surface area (Å²) in [5, 5.41) is 23.3. The Morgan fingerprint density at radius 3 is 0.916 bits per heavy atom. The van der Waals surface area contributed by atoms with E-state index >= 15 is 0 Å². The van der Waals surface area contributed by atoms with Crippen LogP contribution in [0.3, 0.4) is 0 Å². The molecule has 0 aliphatic carbocycles. The van der Waals surface area contributed by atoms with E-state index in [2.05, 4.69) is 43.5 Å². The Labute approximate surface area is 519 Å². The van der Waals surface area contributed by atoms with Crippen LogP contribution in [-0.4, -0.2) is 47.4 Å². The first-order valence-electron chi connectivity index (χ1n) is 37.8. The third-order valence-corrected chi connectivity index (χ3v) is 17.7. The number of carbonyl (C=O) groups excluding carboxylic acids is 2. The first-order chi connectivity index (χ1) is 41.0. The van der Waals surface area contributed by atoms with Gasteiger partial charge in [-0.2, -0.15) is 0 Å². The maximum atomic E-state index is 12.5. The Morgan fingerprint density at radius 2 is 0.602 bits per heavy atom. The zero-order valence-electron chi connectivity index (χ0n) is 56.2. The number of amides is 1. The maximum Gasteiger partial charge on any atom is 0.305 e. The molecule has 0 aromatic heterocycles. The van der Waals surface area contributed by atoms with Gasteiger partial charge in [0.1, 0.15) is 0 Å². The lowest BCUT2D eigenvalue weighted by atomic mass is 10.0. The first kappa shape index (κ1) is 81.1. The van der Waals surface area contributed by atoms with Crippen LogP contribution in [0, 0.1) is 0 Å². The van der Waals surface area contributed by atoms with E-state index in [1.54, 1.807) is 6.08 Å². The van der Waals surface area contributed by atoms with E-state index in [9.17, 15) is 19.8 Å². The molecule has 1 amide bonds. The van der Waals surface area contributed by atoms with E-state index in [1.807, 2.05) is 6.08 Å². The lowest BCUT2D eigenvalue weighted by Crippen LogP contribution is -2.45. The van der Waals surface area contributed by atoms with Crippen molar-refractivity contribution >= 4 is 11.9 Å². The van der Waals surface area contributed by atoms with Gasteiger partial charge in [-0.3, -0.25) is 9.59 Å². The van der Waals surface area contributed by atoms with Gasteiger partial charge in [-0.15, -0.1) is 0 Å². The summed E-state index contributed by atoms with van der Waals surface area (Å²) in [6, 6.07) is -0.632. The number of aliphatic hydroxyl groups is 2. The quantitative estimate of drug-likeness (QED) is 0.0320. The first-order valence-corrected chi connectivity index (χ1v) is 37.8. The minimum atomic E-state index is -0.848. The van der Waals surface area contributed by atoms with Crippen LogP contribution in [0.25, 0.3) is 0 Å². The number of rotatable bonds is 71. The van der Waals surface area contributed by atoms with Crippen molar-refractivity contribution in [1.29, 1.82) is 0 Å². The van der Waals surface area contributed by atoms with Gasteiger partial charge < -0.3 is 20.3 Å². The zero-order valence-corrected chi connectivity index (χ0v) is 56.2. The minimum Gasteiger partial charge on any atom is -0.466 e. The second kappa shape index (κ2) is 72.6. The van der Waals surface area contributed by atoms with Crippen LogP contribution in [0.15, 0.2) is 36.5 Å². The predicted octanol–water partition coefficient (Wildman–Crippen LogP) is 24.7. The molecule has 0 radical (unpaired) electrons. The van der Waals surface area contributed by atoms with Gasteiger partial charge in [0.25, 0.3) is 0 Å². The molecule has 0 saturated heterocycles. The van der Waals surface area contributed by atoms with Gasteiger partial charge in [0.15, 0.2) is 0 Å². The van der Waals surface area contributed by atoms with Crippen molar-refractivity contribution in [1.82, 2.24) is 5.32 Å². The number of ether oxygens (including phenoxy) is 1. The molecule has 0 fully saturated rings. The number of allylic oxidation sites excluding steroid dienone is 5. The van der Waals surface area contributed by atoms with E-state index in [0.29, 0.717) is 19.4 Å². The fraction of sp³-hybridized carbons (Fsp3) is 0.896. The molecule has 0 aromatic carbocycles. The SMILES string of the molecule is CCCCCCCCCCCCCCCCCCCCC/C=C/C(O)C(CO)NC(=O)CCCCCCCCCCCCC/C=C\C/C=C\CCCCCCCCCCCOC(=O)CCCCCCCCCCCCCCCCCCCC. The molecular formula is C77H147NO5. The lowest BCUT2D eigenvalue weighted by Gasteiger charge is -2.20. The molecule has 0 aliphatic heterocycles. The normalized spacial score (nSPS) is 12.7. The Bertz CT molecular complexity index is 1340. The number of carbonyl (C=O) groups is 2. The van der Waals surface area contributed by atoms with Gasteiger partial charge in [0, 0.05) is 12.8 Å². The molecule has 6 nitrogen and oxygen atoms in total. The molecule has 2 unspecified atom stereocenters. The number of hydrogen-bond acceptors (Lipinski definition) is 5. The molecule has 3 N–H and O–H groups in total. The highest BCUT2D eigenvalue weighted by Gasteiger charge is 2.18. The van der Waals surface area contributed by atoms with E-state index < -0.39 is 12.1 Å². The highest BCUT2D eigenvalue weighted by molar-refractivity contribution is 5.76. The standard InChI is InChI=1S/C77H147NO5/c1-3-5-7-9-11-13-15-17-19-21-23-31-34-37-41-45-49-53-57-61-65-69-75(80)74(73-79)78-76(81)70-66-62-58-54-50-46-42-38-35-32-29-27-25-24-26-28-30-33-36-40-44-48-52-56-60-64-68-72-83-77(82)71-67-63-59-55-51-47-43-39-22-20-18-16-14-12-10-8-6-4-2/h24-25,28,30,65,69,74-75,79-80H,3-23,26-27,29,31-64,66-68,70-73H2,1-2H3,(H,78,81)/b25-24-,30-28-,69-65+. The topological polar surface area (TPSA) is 95.9 Å². The van der Waals surface area contributed by atoms with Crippen LogP contribution >= 0.6 is 0 Å². The molecule has 0 rings (SSSR count). The summed E-state index contributed by atoms with van der Waals surface area (Å²) in [6.45, 7) is 4.95. The molecule has 0 aromatic rings. The second-order valence-electron chi connectivity index (χ2n) is 26.0. The number of esters is 1. The summed E-state index contributed by atoms with van der Waals surface area (Å²) < 4.78 is 5.51. The summed E-state index contributed by atoms with van der Waals surface area (Å²) in [6.07, 6.45) is 93.8. The minimum absolute atomic E-state index is 0.0154. The van der Waals surface area contributed by atoms with Gasteiger partial charge in [0.2, 0.25) is 5.91 Å². The highest BCUT2D eigenvalue weighted by atomic mass is 16.5. The third-order valence-electron chi connectivity index (χ3n) is 17.7. The second-order valence-corrected chi connectivity index (χ2v) is 26.0. The summed E-state index contributed by atoms with van der Waals surface area (Å²) >= 11 is 0. The van der Waals surface area contributed by atoms with Crippen molar-refractivity contribution in [3.05, 3.63) is 36.5 Å². The average molecular weight is 1170 g/mol. The molecule has 0 aliphatic rings. The van der Waals surface area contributed by atoms with Gasteiger partial charge in [0.05, 0.1) is 25.4 Å². The van der Waals surface area contributed by atoms with Crippen molar-refractivity contribution in [3.8, 4) is 0 Å². The maximum absolute atomic E-state index is 12.5. The smallest absolute Gasteiger partial charge is 0.305 e.